The molecule has 0 saturated carbocycles. The van der Waals surface area contributed by atoms with Crippen LogP contribution in [0, 0.1) is 29.2 Å². The molecule has 3 rings (SSSR count). The zero-order valence-electron chi connectivity index (χ0n) is 18.8. The lowest BCUT2D eigenvalue weighted by molar-refractivity contribution is 0.101. The Morgan fingerprint density at radius 3 is 2.43 bits per heavy atom. The van der Waals surface area contributed by atoms with Crippen molar-refractivity contribution in [2.24, 2.45) is 13.0 Å². The van der Waals surface area contributed by atoms with Crippen molar-refractivity contribution < 1.29 is 41.2 Å². The Morgan fingerprint density at radius 1 is 1.17 bits per heavy atom. The van der Waals surface area contributed by atoms with Crippen LogP contribution in [-0.4, -0.2) is 63.1 Å². The Hall–Kier alpha value is -2.97. The number of benzene rings is 1. The number of aliphatic hydroxyl groups is 1. The molecule has 0 radical (unpaired) electrons. The summed E-state index contributed by atoms with van der Waals surface area (Å²) in [6, 6.07) is 0.512. The summed E-state index contributed by atoms with van der Waals surface area (Å²) in [5.41, 5.74) is -1.02. The molecule has 0 aliphatic carbocycles. The molecule has 2 amide bonds. The Bertz CT molecular complexity index is 1120. The lowest BCUT2D eigenvalue weighted by atomic mass is 10.0. The molecule has 2 heterocycles. The first-order valence-electron chi connectivity index (χ1n) is 10.6. The lowest BCUT2D eigenvalue weighted by Gasteiger charge is -2.17. The van der Waals surface area contributed by atoms with Crippen molar-refractivity contribution >= 4 is 28.7 Å². The summed E-state index contributed by atoms with van der Waals surface area (Å²) < 4.78 is 76.7. The molecule has 2 aromatic rings. The van der Waals surface area contributed by atoms with Gasteiger partial charge in [0, 0.05) is 56.8 Å². The predicted octanol–water partition coefficient (Wildman–Crippen LogP) is 2.29. The van der Waals surface area contributed by atoms with Crippen molar-refractivity contribution in [2.45, 2.75) is 24.3 Å². The first-order valence-corrected chi connectivity index (χ1v) is 11.7. The van der Waals surface area contributed by atoms with E-state index in [-0.39, 0.29) is 37.1 Å². The van der Waals surface area contributed by atoms with Crippen LogP contribution in [0.15, 0.2) is 23.2 Å². The van der Waals surface area contributed by atoms with E-state index in [1.807, 2.05) is 0 Å². The number of carbonyl (C=O) groups excluding carboxylic acids is 2. The first kappa shape index (κ1) is 26.6. The molecule has 3 unspecified atom stereocenters. The Labute approximate surface area is 200 Å². The smallest absolute Gasteiger partial charge is 0.409 e. The van der Waals surface area contributed by atoms with Gasteiger partial charge in [0.2, 0.25) is 0 Å². The Balaban J connectivity index is 1.77. The van der Waals surface area contributed by atoms with Gasteiger partial charge in [-0.3, -0.25) is 4.79 Å². The number of rotatable bonds is 8. The van der Waals surface area contributed by atoms with Crippen LogP contribution in [0.4, 0.5) is 28.0 Å². The number of nitrogens with zero attached hydrogens (tertiary/aromatic N) is 2. The number of hydrogen-bond acceptors (Lipinski definition) is 5. The van der Waals surface area contributed by atoms with E-state index in [9.17, 15) is 32.1 Å². The van der Waals surface area contributed by atoms with Gasteiger partial charge in [-0.05, 0) is 19.3 Å². The molecule has 0 spiro atoms. The number of nitrogens with one attached hydrogen (secondary N) is 2. The maximum Gasteiger partial charge on any atom is 0.409 e. The lowest BCUT2D eigenvalue weighted by Crippen LogP contribution is -2.38. The number of aryl methyl sites for hydroxylation is 1. The molecule has 3 N–H and O–H groups in total. The first-order chi connectivity index (χ1) is 16.6. The van der Waals surface area contributed by atoms with E-state index in [0.29, 0.717) is 18.6 Å². The molecule has 192 valence electrons. The zero-order chi connectivity index (χ0) is 25.9. The topological polar surface area (TPSA) is 113 Å². The molecule has 1 saturated heterocycles. The normalized spacial score (nSPS) is 18.5. The Kier molecular flexibility index (Phi) is 8.51. The number of likely N-dealkylation sites (tertiary alicyclic amines) is 1. The van der Waals surface area contributed by atoms with E-state index in [1.165, 1.54) is 11.9 Å². The van der Waals surface area contributed by atoms with Crippen molar-refractivity contribution in [1.82, 2.24) is 14.2 Å². The van der Waals surface area contributed by atoms with Gasteiger partial charge in [-0.15, -0.1) is 0 Å². The highest BCUT2D eigenvalue weighted by atomic mass is 32.2. The fraction of sp³-hybridized carbons (Fsp3) is 0.429. The molecule has 35 heavy (non-hydrogen) atoms. The van der Waals surface area contributed by atoms with E-state index in [4.69, 9.17) is 4.74 Å². The molecule has 9 nitrogen and oxygen atoms in total. The van der Waals surface area contributed by atoms with Gasteiger partial charge in [0.15, 0.2) is 23.3 Å². The van der Waals surface area contributed by atoms with Gasteiger partial charge in [0.05, 0.1) is 6.61 Å². The van der Waals surface area contributed by atoms with Gasteiger partial charge in [0.25, 0.3) is 5.91 Å². The van der Waals surface area contributed by atoms with Crippen molar-refractivity contribution in [1.29, 1.82) is 0 Å². The Morgan fingerprint density at radius 2 is 1.83 bits per heavy atom. The quantitative estimate of drug-likeness (QED) is 0.365. The number of aliphatic hydroxyl groups excluding tert-OH is 1. The number of carbonyl (C=O) groups is 2. The highest BCUT2D eigenvalue weighted by Gasteiger charge is 2.37. The SMILES string of the molecule is CCOC(=O)N1CC(CCO)C(NS(=O)c2cn(C)c(C(=O)Nc3cc(F)c(F)c(F)c3)c2F)C1. The molecule has 1 fully saturated rings. The third-order valence-electron chi connectivity index (χ3n) is 5.47. The van der Waals surface area contributed by atoms with Crippen molar-refractivity contribution in [3.05, 3.63) is 47.3 Å². The third kappa shape index (κ3) is 5.82. The minimum absolute atomic E-state index is 0.110. The van der Waals surface area contributed by atoms with Crippen molar-refractivity contribution in [2.75, 3.05) is 31.6 Å². The van der Waals surface area contributed by atoms with Gasteiger partial charge in [-0.25, -0.2) is 31.3 Å². The number of hydrogen-bond donors (Lipinski definition) is 3. The molecular weight excluding hydrogens is 496 g/mol. The molecule has 1 aromatic heterocycles. The minimum atomic E-state index is -2.16. The van der Waals surface area contributed by atoms with Crippen LogP contribution in [0.1, 0.15) is 23.8 Å². The standard InChI is InChI=1S/C21H24F4N4O5S/c1-3-34-21(32)29-8-11(4-5-30)15(9-29)27-35(33)16-10-28(2)19(18(16)25)20(31)26-12-6-13(22)17(24)14(23)7-12/h6-7,10-11,15,27,30H,3-5,8-9H2,1-2H3,(H,26,31). The van der Waals surface area contributed by atoms with Crippen LogP contribution >= 0.6 is 0 Å². The van der Waals surface area contributed by atoms with Gasteiger partial charge >= 0.3 is 6.09 Å². The highest BCUT2D eigenvalue weighted by Crippen LogP contribution is 2.25. The van der Waals surface area contributed by atoms with Crippen LogP contribution in [0.5, 0.6) is 0 Å². The average molecular weight is 521 g/mol. The minimum Gasteiger partial charge on any atom is -0.450 e. The number of anilines is 1. The van der Waals surface area contributed by atoms with Crippen molar-refractivity contribution in [3.8, 4) is 0 Å². The summed E-state index contributed by atoms with van der Waals surface area (Å²) in [5.74, 6) is -7.33. The largest absolute Gasteiger partial charge is 0.450 e. The van der Waals surface area contributed by atoms with Crippen LogP contribution in [-0.2, 0) is 22.8 Å². The molecule has 1 aromatic carbocycles. The molecule has 0 bridgehead atoms. The number of amides is 2. The summed E-state index contributed by atoms with van der Waals surface area (Å²) in [7, 11) is -0.857. The molecule has 1 aliphatic rings. The zero-order valence-corrected chi connectivity index (χ0v) is 19.6. The summed E-state index contributed by atoms with van der Waals surface area (Å²) in [5, 5.41) is 11.4. The van der Waals surface area contributed by atoms with E-state index >= 15 is 4.39 Å². The average Bonchev–Trinajstić information content (AvgIpc) is 3.32. The summed E-state index contributed by atoms with van der Waals surface area (Å²) >= 11 is 0. The summed E-state index contributed by atoms with van der Waals surface area (Å²) in [4.78, 5) is 25.6. The predicted molar refractivity (Wildman–Crippen MR) is 117 cm³/mol. The second kappa shape index (κ2) is 11.2. The van der Waals surface area contributed by atoms with Gasteiger partial charge in [-0.2, -0.15) is 0 Å². The highest BCUT2D eigenvalue weighted by molar-refractivity contribution is 7.83. The maximum atomic E-state index is 15.1. The summed E-state index contributed by atoms with van der Waals surface area (Å²) in [6.07, 6.45) is 0.836. The van der Waals surface area contributed by atoms with Crippen LogP contribution in [0.2, 0.25) is 0 Å². The molecule has 14 heteroatoms. The monoisotopic (exact) mass is 520 g/mol. The van der Waals surface area contributed by atoms with Crippen LogP contribution < -0.4 is 10.0 Å². The number of aromatic nitrogens is 1. The van der Waals surface area contributed by atoms with E-state index in [2.05, 4.69) is 10.0 Å². The van der Waals surface area contributed by atoms with Gasteiger partial charge in [0.1, 0.15) is 21.6 Å². The molecule has 3 atom stereocenters. The third-order valence-corrected chi connectivity index (χ3v) is 6.67. The fourth-order valence-corrected chi connectivity index (χ4v) is 4.99. The van der Waals surface area contributed by atoms with Crippen LogP contribution in [0.25, 0.3) is 0 Å². The summed E-state index contributed by atoms with van der Waals surface area (Å²) in [6.45, 7) is 1.99. The van der Waals surface area contributed by atoms with Crippen molar-refractivity contribution in [3.63, 3.8) is 0 Å². The van der Waals surface area contributed by atoms with E-state index in [0.717, 1.165) is 10.8 Å². The van der Waals surface area contributed by atoms with Crippen LogP contribution in [0.3, 0.4) is 0 Å². The molecular formula is C21H24F4N4O5S. The number of halogens is 4. The van der Waals surface area contributed by atoms with Gasteiger partial charge in [-0.1, -0.05) is 0 Å². The van der Waals surface area contributed by atoms with Gasteiger partial charge < -0.3 is 24.6 Å². The fourth-order valence-electron chi connectivity index (χ4n) is 3.80. The second-order valence-corrected chi connectivity index (χ2v) is 9.06. The number of ether oxygens (including phenoxy) is 1. The van der Waals surface area contributed by atoms with E-state index < -0.39 is 63.7 Å². The second-order valence-electron chi connectivity index (χ2n) is 7.84. The maximum absolute atomic E-state index is 15.1. The molecule has 1 aliphatic heterocycles. The van der Waals surface area contributed by atoms with E-state index in [1.54, 1.807) is 6.92 Å².